The average Bonchev–Trinajstić information content (AvgIpc) is 2.17. The molecule has 1 fully saturated rings. The van der Waals surface area contributed by atoms with Crippen LogP contribution in [0.2, 0.25) is 0 Å². The van der Waals surface area contributed by atoms with Gasteiger partial charge in [0.25, 0.3) is 0 Å². The van der Waals surface area contributed by atoms with Crippen LogP contribution in [0.3, 0.4) is 0 Å². The fourth-order valence-corrected chi connectivity index (χ4v) is 2.00. The van der Waals surface area contributed by atoms with Gasteiger partial charge in [0.05, 0.1) is 0 Å². The van der Waals surface area contributed by atoms with E-state index in [-0.39, 0.29) is 0 Å². The summed E-state index contributed by atoms with van der Waals surface area (Å²) in [5.74, 6) is 1.88. The van der Waals surface area contributed by atoms with Gasteiger partial charge < -0.3 is 5.32 Å². The lowest BCUT2D eigenvalue weighted by Crippen LogP contribution is -2.23. The zero-order valence-electron chi connectivity index (χ0n) is 8.60. The molecule has 0 radical (unpaired) electrons. The van der Waals surface area contributed by atoms with Gasteiger partial charge in [-0.3, -0.25) is 0 Å². The summed E-state index contributed by atoms with van der Waals surface area (Å²) in [4.78, 5) is 0. The van der Waals surface area contributed by atoms with E-state index in [0.29, 0.717) is 0 Å². The highest BCUT2D eigenvalue weighted by Gasteiger charge is 2.10. The van der Waals surface area contributed by atoms with Crippen LogP contribution in [0.4, 0.5) is 0 Å². The van der Waals surface area contributed by atoms with Gasteiger partial charge in [-0.15, -0.1) is 0 Å². The van der Waals surface area contributed by atoms with Crippen molar-refractivity contribution in [2.45, 2.75) is 46.0 Å². The molecule has 1 aliphatic heterocycles. The van der Waals surface area contributed by atoms with Crippen LogP contribution >= 0.6 is 0 Å². The standard InChI is InChI=1S/C11H23N/c1-3-11-6-4-5-10(2)7-8-12-9-11/h10-12H,3-9H2,1-2H3. The van der Waals surface area contributed by atoms with E-state index in [1.54, 1.807) is 0 Å². The molecule has 0 bridgehead atoms. The van der Waals surface area contributed by atoms with Crippen molar-refractivity contribution in [3.05, 3.63) is 0 Å². The molecular weight excluding hydrogens is 146 g/mol. The highest BCUT2D eigenvalue weighted by Crippen LogP contribution is 2.18. The molecule has 0 aliphatic carbocycles. The molecule has 12 heavy (non-hydrogen) atoms. The third-order valence-corrected chi connectivity index (χ3v) is 3.13. The molecule has 72 valence electrons. The Morgan fingerprint density at radius 3 is 2.83 bits per heavy atom. The minimum Gasteiger partial charge on any atom is -0.316 e. The second-order valence-corrected chi connectivity index (χ2v) is 4.30. The first-order valence-corrected chi connectivity index (χ1v) is 5.53. The Balaban J connectivity index is 2.26. The van der Waals surface area contributed by atoms with Crippen LogP contribution in [-0.4, -0.2) is 13.1 Å². The molecule has 0 aromatic carbocycles. The van der Waals surface area contributed by atoms with Crippen molar-refractivity contribution in [2.75, 3.05) is 13.1 Å². The Kier molecular flexibility index (Phi) is 4.67. The average molecular weight is 169 g/mol. The van der Waals surface area contributed by atoms with Crippen LogP contribution in [0.15, 0.2) is 0 Å². The number of nitrogens with one attached hydrogen (secondary N) is 1. The van der Waals surface area contributed by atoms with E-state index in [1.165, 1.54) is 45.2 Å². The van der Waals surface area contributed by atoms with Gasteiger partial charge in [-0.05, 0) is 37.8 Å². The zero-order valence-corrected chi connectivity index (χ0v) is 8.60. The van der Waals surface area contributed by atoms with Gasteiger partial charge >= 0.3 is 0 Å². The quantitative estimate of drug-likeness (QED) is 0.636. The fourth-order valence-electron chi connectivity index (χ4n) is 2.00. The molecule has 0 spiro atoms. The van der Waals surface area contributed by atoms with Crippen molar-refractivity contribution in [1.82, 2.24) is 5.32 Å². The van der Waals surface area contributed by atoms with Crippen molar-refractivity contribution in [2.24, 2.45) is 11.8 Å². The Labute approximate surface area is 76.9 Å². The van der Waals surface area contributed by atoms with E-state index in [1.807, 2.05) is 0 Å². The molecule has 1 heteroatoms. The van der Waals surface area contributed by atoms with Crippen molar-refractivity contribution >= 4 is 0 Å². The predicted molar refractivity (Wildman–Crippen MR) is 54.3 cm³/mol. The summed E-state index contributed by atoms with van der Waals surface area (Å²) in [6, 6.07) is 0. The lowest BCUT2D eigenvalue weighted by atomic mass is 9.96. The first-order chi connectivity index (χ1) is 5.83. The lowest BCUT2D eigenvalue weighted by molar-refractivity contribution is 0.425. The van der Waals surface area contributed by atoms with Crippen molar-refractivity contribution in [1.29, 1.82) is 0 Å². The normalized spacial score (nSPS) is 33.5. The van der Waals surface area contributed by atoms with Gasteiger partial charge in [-0.2, -0.15) is 0 Å². The molecule has 0 aromatic heterocycles. The second-order valence-electron chi connectivity index (χ2n) is 4.30. The van der Waals surface area contributed by atoms with E-state index in [9.17, 15) is 0 Å². The highest BCUT2D eigenvalue weighted by molar-refractivity contribution is 4.66. The minimum atomic E-state index is 0.938. The van der Waals surface area contributed by atoms with E-state index < -0.39 is 0 Å². The molecular formula is C11H23N. The predicted octanol–water partition coefficient (Wildman–Crippen LogP) is 2.81. The van der Waals surface area contributed by atoms with E-state index in [0.717, 1.165) is 11.8 Å². The lowest BCUT2D eigenvalue weighted by Gasteiger charge is -2.12. The van der Waals surface area contributed by atoms with E-state index >= 15 is 0 Å². The molecule has 2 atom stereocenters. The third kappa shape index (κ3) is 3.57. The van der Waals surface area contributed by atoms with Gasteiger partial charge in [0.15, 0.2) is 0 Å². The summed E-state index contributed by atoms with van der Waals surface area (Å²) in [6.45, 7) is 7.18. The maximum absolute atomic E-state index is 3.56. The number of hydrogen-bond donors (Lipinski definition) is 1. The monoisotopic (exact) mass is 169 g/mol. The van der Waals surface area contributed by atoms with Gasteiger partial charge in [0.2, 0.25) is 0 Å². The third-order valence-electron chi connectivity index (χ3n) is 3.13. The van der Waals surface area contributed by atoms with Gasteiger partial charge in [-0.25, -0.2) is 0 Å². The van der Waals surface area contributed by atoms with Gasteiger partial charge in [-0.1, -0.05) is 33.1 Å². The SMILES string of the molecule is CCC1CCCC(C)CCNC1. The largest absolute Gasteiger partial charge is 0.316 e. The molecule has 1 nitrogen and oxygen atoms in total. The Hall–Kier alpha value is -0.0400. The molecule has 0 amide bonds. The van der Waals surface area contributed by atoms with Crippen molar-refractivity contribution < 1.29 is 0 Å². The van der Waals surface area contributed by atoms with Crippen LogP contribution in [0.5, 0.6) is 0 Å². The van der Waals surface area contributed by atoms with Crippen molar-refractivity contribution in [3.8, 4) is 0 Å². The first-order valence-electron chi connectivity index (χ1n) is 5.53. The van der Waals surface area contributed by atoms with E-state index in [4.69, 9.17) is 0 Å². The maximum atomic E-state index is 3.56. The minimum absolute atomic E-state index is 0.938. The number of hydrogen-bond acceptors (Lipinski definition) is 1. The Bertz CT molecular complexity index is 112. The smallest absolute Gasteiger partial charge is 0.00206 e. The molecule has 1 saturated heterocycles. The maximum Gasteiger partial charge on any atom is -0.00206 e. The van der Waals surface area contributed by atoms with E-state index in [2.05, 4.69) is 19.2 Å². The molecule has 1 heterocycles. The molecule has 1 aliphatic rings. The highest BCUT2D eigenvalue weighted by atomic mass is 14.9. The summed E-state index contributed by atoms with van der Waals surface area (Å²) < 4.78 is 0. The summed E-state index contributed by atoms with van der Waals surface area (Å²) >= 11 is 0. The van der Waals surface area contributed by atoms with Crippen LogP contribution in [0.25, 0.3) is 0 Å². The topological polar surface area (TPSA) is 12.0 Å². The molecule has 0 saturated carbocycles. The van der Waals surface area contributed by atoms with Crippen LogP contribution in [0, 0.1) is 11.8 Å². The first kappa shape index (κ1) is 10.0. The Morgan fingerprint density at radius 1 is 1.25 bits per heavy atom. The molecule has 1 rings (SSSR count). The molecule has 0 aromatic rings. The van der Waals surface area contributed by atoms with Crippen LogP contribution in [0.1, 0.15) is 46.0 Å². The molecule has 2 unspecified atom stereocenters. The molecule has 1 N–H and O–H groups in total. The summed E-state index contributed by atoms with van der Waals surface area (Å²) in [5, 5.41) is 3.56. The van der Waals surface area contributed by atoms with Gasteiger partial charge in [0, 0.05) is 0 Å². The zero-order chi connectivity index (χ0) is 8.81. The van der Waals surface area contributed by atoms with Crippen molar-refractivity contribution in [3.63, 3.8) is 0 Å². The second kappa shape index (κ2) is 5.58. The van der Waals surface area contributed by atoms with Crippen LogP contribution < -0.4 is 5.32 Å². The number of rotatable bonds is 1. The fraction of sp³-hybridized carbons (Fsp3) is 1.00. The summed E-state index contributed by atoms with van der Waals surface area (Å²) in [5.41, 5.74) is 0. The summed E-state index contributed by atoms with van der Waals surface area (Å²) in [7, 11) is 0. The van der Waals surface area contributed by atoms with Crippen LogP contribution in [-0.2, 0) is 0 Å². The Morgan fingerprint density at radius 2 is 2.08 bits per heavy atom. The summed E-state index contributed by atoms with van der Waals surface area (Å²) in [6.07, 6.45) is 7.05. The van der Waals surface area contributed by atoms with Gasteiger partial charge in [0.1, 0.15) is 0 Å².